The number of morpholine rings is 1. The molecule has 8 heteroatoms. The summed E-state index contributed by atoms with van der Waals surface area (Å²) in [4.78, 5) is 37.3. The van der Waals surface area contributed by atoms with Gasteiger partial charge in [0.2, 0.25) is 11.8 Å². The third kappa shape index (κ3) is 4.94. The number of amides is 2. The predicted molar refractivity (Wildman–Crippen MR) is 99.8 cm³/mol. The lowest BCUT2D eigenvalue weighted by molar-refractivity contribution is -0.143. The van der Waals surface area contributed by atoms with Crippen LogP contribution in [-0.2, 0) is 20.7 Å². The number of hydrogen-bond acceptors (Lipinski definition) is 6. The smallest absolute Gasteiger partial charge is 0.230 e. The minimum absolute atomic E-state index is 0.0472. The molecule has 26 heavy (non-hydrogen) atoms. The largest absolute Gasteiger partial charge is 0.377 e. The second-order valence-electron chi connectivity index (χ2n) is 6.71. The van der Waals surface area contributed by atoms with E-state index in [0.29, 0.717) is 38.0 Å². The van der Waals surface area contributed by atoms with Crippen molar-refractivity contribution in [2.24, 2.45) is 0 Å². The summed E-state index contributed by atoms with van der Waals surface area (Å²) in [6, 6.07) is 1.83. The summed E-state index contributed by atoms with van der Waals surface area (Å²) in [5.74, 6) is 2.76. The van der Waals surface area contributed by atoms with Crippen molar-refractivity contribution in [1.82, 2.24) is 19.8 Å². The number of carbonyl (C=O) groups is 2. The third-order valence-electron chi connectivity index (χ3n) is 5.02. The van der Waals surface area contributed by atoms with Gasteiger partial charge in [-0.25, -0.2) is 9.97 Å². The number of hydrogen-bond donors (Lipinski definition) is 0. The minimum Gasteiger partial charge on any atom is -0.377 e. The van der Waals surface area contributed by atoms with Crippen molar-refractivity contribution in [2.45, 2.75) is 37.8 Å². The zero-order valence-electron chi connectivity index (χ0n) is 15.2. The van der Waals surface area contributed by atoms with Crippen molar-refractivity contribution in [3.8, 4) is 0 Å². The predicted octanol–water partition coefficient (Wildman–Crippen LogP) is 0.991. The van der Waals surface area contributed by atoms with Crippen molar-refractivity contribution < 1.29 is 14.3 Å². The van der Waals surface area contributed by atoms with E-state index in [1.807, 2.05) is 23.7 Å². The van der Waals surface area contributed by atoms with Gasteiger partial charge >= 0.3 is 0 Å². The van der Waals surface area contributed by atoms with Crippen LogP contribution in [0, 0.1) is 0 Å². The van der Waals surface area contributed by atoms with Crippen LogP contribution in [0.15, 0.2) is 18.5 Å². The van der Waals surface area contributed by atoms with Crippen molar-refractivity contribution in [3.63, 3.8) is 0 Å². The number of ether oxygens (including phenoxy) is 1. The minimum atomic E-state index is -0.215. The zero-order chi connectivity index (χ0) is 18.4. The van der Waals surface area contributed by atoms with Gasteiger partial charge in [0.05, 0.1) is 25.7 Å². The Kier molecular flexibility index (Phi) is 6.85. The fourth-order valence-corrected chi connectivity index (χ4v) is 4.51. The first kappa shape index (κ1) is 19.1. The Morgan fingerprint density at radius 2 is 2.04 bits per heavy atom. The van der Waals surface area contributed by atoms with Gasteiger partial charge in [0.25, 0.3) is 0 Å². The number of thioether (sulfide) groups is 1. The molecule has 3 rings (SSSR count). The molecule has 2 saturated heterocycles. The number of rotatable bonds is 5. The lowest BCUT2D eigenvalue weighted by Crippen LogP contribution is -2.52. The van der Waals surface area contributed by atoms with Gasteiger partial charge in [-0.15, -0.1) is 0 Å². The molecule has 3 heterocycles. The molecule has 0 aliphatic carbocycles. The Hall–Kier alpha value is -1.67. The molecule has 2 fully saturated rings. The highest BCUT2D eigenvalue weighted by Gasteiger charge is 2.32. The van der Waals surface area contributed by atoms with Crippen molar-refractivity contribution >= 4 is 23.6 Å². The maximum absolute atomic E-state index is 12.7. The van der Waals surface area contributed by atoms with E-state index in [2.05, 4.69) is 9.97 Å². The molecule has 2 amide bonds. The van der Waals surface area contributed by atoms with Crippen LogP contribution in [0.1, 0.15) is 25.1 Å². The monoisotopic (exact) mass is 378 g/mol. The standard InChI is InChI=1S/C18H26N4O3S/c1-21(14-3-9-26-10-4-14)17(23)11-15-13-25-8-7-22(15)18(24)12-16-19-5-2-6-20-16/h2,5-6,14-15H,3-4,7-13H2,1H3/t15-/m0/s1. The van der Waals surface area contributed by atoms with Crippen LogP contribution < -0.4 is 0 Å². The van der Waals surface area contributed by atoms with Crippen LogP contribution in [0.5, 0.6) is 0 Å². The van der Waals surface area contributed by atoms with Crippen molar-refractivity contribution in [1.29, 1.82) is 0 Å². The molecule has 0 N–H and O–H groups in total. The van der Waals surface area contributed by atoms with Gasteiger partial charge in [0.1, 0.15) is 5.82 Å². The van der Waals surface area contributed by atoms with Gasteiger partial charge in [-0.05, 0) is 30.4 Å². The molecule has 2 aliphatic rings. The van der Waals surface area contributed by atoms with Crippen LogP contribution in [-0.4, -0.2) is 82.0 Å². The molecule has 1 aromatic rings. The van der Waals surface area contributed by atoms with Gasteiger partial charge < -0.3 is 14.5 Å². The Morgan fingerprint density at radius 3 is 2.77 bits per heavy atom. The fraction of sp³-hybridized carbons (Fsp3) is 0.667. The summed E-state index contributed by atoms with van der Waals surface area (Å²) in [5, 5.41) is 0. The lowest BCUT2D eigenvalue weighted by Gasteiger charge is -2.37. The lowest BCUT2D eigenvalue weighted by atomic mass is 10.1. The zero-order valence-corrected chi connectivity index (χ0v) is 16.0. The molecule has 2 aliphatic heterocycles. The molecule has 7 nitrogen and oxygen atoms in total. The van der Waals surface area contributed by atoms with Crippen LogP contribution in [0.2, 0.25) is 0 Å². The van der Waals surface area contributed by atoms with Crippen LogP contribution >= 0.6 is 11.8 Å². The quantitative estimate of drug-likeness (QED) is 0.761. The molecule has 0 saturated carbocycles. The number of carbonyl (C=O) groups excluding carboxylic acids is 2. The Labute approximate surface area is 158 Å². The Balaban J connectivity index is 1.59. The van der Waals surface area contributed by atoms with E-state index in [1.54, 1.807) is 23.4 Å². The molecule has 0 aromatic carbocycles. The van der Waals surface area contributed by atoms with E-state index >= 15 is 0 Å². The second-order valence-corrected chi connectivity index (χ2v) is 7.93. The first-order chi connectivity index (χ1) is 12.6. The van der Waals surface area contributed by atoms with E-state index in [1.165, 1.54) is 0 Å². The maximum atomic E-state index is 12.7. The van der Waals surface area contributed by atoms with E-state index in [4.69, 9.17) is 4.74 Å². The highest BCUT2D eigenvalue weighted by atomic mass is 32.2. The topological polar surface area (TPSA) is 75.6 Å². The van der Waals surface area contributed by atoms with E-state index in [9.17, 15) is 9.59 Å². The average Bonchev–Trinajstić information content (AvgIpc) is 2.69. The summed E-state index contributed by atoms with van der Waals surface area (Å²) in [6.07, 6.45) is 5.81. The normalized spacial score (nSPS) is 21.4. The Morgan fingerprint density at radius 1 is 1.31 bits per heavy atom. The van der Waals surface area contributed by atoms with Gasteiger partial charge in [-0.3, -0.25) is 9.59 Å². The fourth-order valence-electron chi connectivity index (χ4n) is 3.43. The van der Waals surface area contributed by atoms with E-state index in [0.717, 1.165) is 24.3 Å². The molecule has 0 bridgehead atoms. The van der Waals surface area contributed by atoms with Gasteiger partial charge in [-0.1, -0.05) is 0 Å². The molecule has 0 radical (unpaired) electrons. The van der Waals surface area contributed by atoms with E-state index < -0.39 is 0 Å². The molecule has 1 aromatic heterocycles. The summed E-state index contributed by atoms with van der Waals surface area (Å²) in [7, 11) is 1.89. The molecule has 142 valence electrons. The van der Waals surface area contributed by atoms with Crippen LogP contribution in [0.3, 0.4) is 0 Å². The molecule has 1 atom stereocenters. The SMILES string of the molecule is CN(C(=O)C[C@H]1COCCN1C(=O)Cc1ncccn1)C1CCSCC1. The maximum Gasteiger partial charge on any atom is 0.230 e. The summed E-state index contributed by atoms with van der Waals surface area (Å²) in [5.41, 5.74) is 0. The van der Waals surface area contributed by atoms with Gasteiger partial charge in [0, 0.05) is 38.4 Å². The van der Waals surface area contributed by atoms with Crippen molar-refractivity contribution in [3.05, 3.63) is 24.3 Å². The first-order valence-electron chi connectivity index (χ1n) is 9.11. The Bertz CT molecular complexity index is 610. The second kappa shape index (κ2) is 9.32. The average molecular weight is 378 g/mol. The summed E-state index contributed by atoms with van der Waals surface area (Å²) in [6.45, 7) is 1.41. The highest BCUT2D eigenvalue weighted by Crippen LogP contribution is 2.22. The van der Waals surface area contributed by atoms with Crippen LogP contribution in [0.4, 0.5) is 0 Å². The van der Waals surface area contributed by atoms with Crippen LogP contribution in [0.25, 0.3) is 0 Å². The highest BCUT2D eigenvalue weighted by molar-refractivity contribution is 7.99. The first-order valence-corrected chi connectivity index (χ1v) is 10.3. The van der Waals surface area contributed by atoms with E-state index in [-0.39, 0.29) is 24.3 Å². The van der Waals surface area contributed by atoms with Gasteiger partial charge in [0.15, 0.2) is 0 Å². The molecular formula is C18H26N4O3S. The number of nitrogens with zero attached hydrogens (tertiary/aromatic N) is 4. The third-order valence-corrected chi connectivity index (χ3v) is 6.07. The van der Waals surface area contributed by atoms with Gasteiger partial charge in [-0.2, -0.15) is 11.8 Å². The number of aromatic nitrogens is 2. The van der Waals surface area contributed by atoms with Crippen molar-refractivity contribution in [2.75, 3.05) is 38.3 Å². The molecule has 0 spiro atoms. The molecular weight excluding hydrogens is 352 g/mol. The summed E-state index contributed by atoms with van der Waals surface area (Å²) < 4.78 is 5.54. The summed E-state index contributed by atoms with van der Waals surface area (Å²) >= 11 is 1.95. The molecule has 0 unspecified atom stereocenters.